The van der Waals surface area contributed by atoms with E-state index in [0.717, 1.165) is 0 Å². The van der Waals surface area contributed by atoms with Crippen molar-refractivity contribution in [3.8, 4) is 11.4 Å². The van der Waals surface area contributed by atoms with Crippen LogP contribution < -0.4 is 5.14 Å². The molecule has 2 aromatic rings. The molecule has 0 unspecified atom stereocenters. The van der Waals surface area contributed by atoms with Crippen LogP contribution in [0.25, 0.3) is 11.4 Å². The highest BCUT2D eigenvalue weighted by Crippen LogP contribution is 2.31. The average Bonchev–Trinajstić information content (AvgIpc) is 2.71. The number of hydrogen-bond donors (Lipinski definition) is 1. The first kappa shape index (κ1) is 16.1. The number of primary sulfonamides is 1. The van der Waals surface area contributed by atoms with Crippen molar-refractivity contribution >= 4 is 26.0 Å². The molecular weight excluding hydrogens is 363 g/mol. The van der Waals surface area contributed by atoms with Gasteiger partial charge in [0.25, 0.3) is 15.2 Å². The van der Waals surface area contributed by atoms with Gasteiger partial charge in [-0.05, 0) is 34.0 Å². The summed E-state index contributed by atoms with van der Waals surface area (Å²) >= 11 is 3.24. The lowest BCUT2D eigenvalue weighted by atomic mass is 10.2. The standard InChI is InChI=1S/C12H14BrFN4O2S/c1-7(2)6-18-11(16-17-12(18)21(15,19)20)10-8(13)4-3-5-9(10)14/h3-5,7H,6H2,1-2H3,(H2,15,19,20). The SMILES string of the molecule is CC(C)Cn1c(-c2c(F)cccc2Br)nnc1S(N)(=O)=O. The van der Waals surface area contributed by atoms with E-state index in [0.29, 0.717) is 11.0 Å². The first-order chi connectivity index (χ1) is 9.71. The lowest BCUT2D eigenvalue weighted by Gasteiger charge is -2.13. The molecule has 2 rings (SSSR count). The summed E-state index contributed by atoms with van der Waals surface area (Å²) in [6.45, 7) is 4.09. The van der Waals surface area contributed by atoms with E-state index in [2.05, 4.69) is 26.1 Å². The quantitative estimate of drug-likeness (QED) is 0.884. The molecule has 1 heterocycles. The molecule has 9 heteroatoms. The summed E-state index contributed by atoms with van der Waals surface area (Å²) in [4.78, 5) is 0. The smallest absolute Gasteiger partial charge is 0.273 e. The molecule has 0 saturated carbocycles. The maximum absolute atomic E-state index is 14.1. The van der Waals surface area contributed by atoms with Crippen molar-refractivity contribution in [3.63, 3.8) is 0 Å². The molecule has 2 N–H and O–H groups in total. The van der Waals surface area contributed by atoms with E-state index >= 15 is 0 Å². The number of nitrogens with zero attached hydrogens (tertiary/aromatic N) is 3. The highest BCUT2D eigenvalue weighted by atomic mass is 79.9. The molecule has 114 valence electrons. The van der Waals surface area contributed by atoms with Gasteiger partial charge in [0.15, 0.2) is 5.82 Å². The van der Waals surface area contributed by atoms with Gasteiger partial charge in [-0.2, -0.15) is 0 Å². The molecule has 0 atom stereocenters. The Morgan fingerprint density at radius 1 is 1.38 bits per heavy atom. The zero-order valence-electron chi connectivity index (χ0n) is 11.4. The van der Waals surface area contributed by atoms with Crippen LogP contribution in [0.15, 0.2) is 27.8 Å². The van der Waals surface area contributed by atoms with E-state index in [1.165, 1.54) is 16.7 Å². The molecule has 0 spiro atoms. The van der Waals surface area contributed by atoms with Crippen molar-refractivity contribution in [2.45, 2.75) is 25.5 Å². The second-order valence-corrected chi connectivity index (χ2v) is 7.26. The fraction of sp³-hybridized carbons (Fsp3) is 0.333. The first-order valence-electron chi connectivity index (χ1n) is 6.12. The highest BCUT2D eigenvalue weighted by molar-refractivity contribution is 9.10. The zero-order valence-corrected chi connectivity index (χ0v) is 13.8. The van der Waals surface area contributed by atoms with Gasteiger partial charge in [0.05, 0.1) is 5.56 Å². The van der Waals surface area contributed by atoms with Crippen LogP contribution in [0.3, 0.4) is 0 Å². The van der Waals surface area contributed by atoms with Gasteiger partial charge in [0, 0.05) is 11.0 Å². The third kappa shape index (κ3) is 3.30. The van der Waals surface area contributed by atoms with E-state index in [1.807, 2.05) is 13.8 Å². The van der Waals surface area contributed by atoms with Crippen LogP contribution >= 0.6 is 15.9 Å². The minimum absolute atomic E-state index is 0.103. The third-order valence-electron chi connectivity index (χ3n) is 2.71. The van der Waals surface area contributed by atoms with Crippen molar-refractivity contribution < 1.29 is 12.8 Å². The molecule has 0 fully saturated rings. The Kier molecular flexibility index (Phi) is 4.45. The lowest BCUT2D eigenvalue weighted by molar-refractivity contribution is 0.485. The molecular formula is C12H14BrFN4O2S. The Labute approximate surface area is 130 Å². The Hall–Kier alpha value is -1.32. The second-order valence-electron chi connectivity index (χ2n) is 4.95. The Morgan fingerprint density at radius 2 is 2.05 bits per heavy atom. The number of hydrogen-bond acceptors (Lipinski definition) is 4. The molecule has 21 heavy (non-hydrogen) atoms. The molecule has 1 aromatic carbocycles. The van der Waals surface area contributed by atoms with E-state index < -0.39 is 15.8 Å². The predicted molar refractivity (Wildman–Crippen MR) is 79.3 cm³/mol. The van der Waals surface area contributed by atoms with Crippen LogP contribution in [0.5, 0.6) is 0 Å². The summed E-state index contributed by atoms with van der Waals surface area (Å²) in [7, 11) is -4.04. The van der Waals surface area contributed by atoms with Gasteiger partial charge in [-0.3, -0.25) is 4.57 Å². The van der Waals surface area contributed by atoms with Crippen molar-refractivity contribution in [1.82, 2.24) is 14.8 Å². The Morgan fingerprint density at radius 3 is 2.57 bits per heavy atom. The Bertz CT molecular complexity index is 753. The molecule has 0 bridgehead atoms. The zero-order chi connectivity index (χ0) is 15.8. The van der Waals surface area contributed by atoms with Gasteiger partial charge >= 0.3 is 0 Å². The van der Waals surface area contributed by atoms with Gasteiger partial charge in [-0.25, -0.2) is 17.9 Å². The molecule has 0 aliphatic carbocycles. The summed E-state index contributed by atoms with van der Waals surface area (Å²) in [6.07, 6.45) is 0. The van der Waals surface area contributed by atoms with Crippen LogP contribution in [0.2, 0.25) is 0 Å². The number of nitrogens with two attached hydrogens (primary N) is 1. The number of halogens is 2. The predicted octanol–water partition coefficient (Wildman–Crippen LogP) is 2.15. The highest BCUT2D eigenvalue weighted by Gasteiger charge is 2.25. The summed E-state index contributed by atoms with van der Waals surface area (Å²) in [5.74, 6) is -0.300. The van der Waals surface area contributed by atoms with Gasteiger partial charge in [-0.15, -0.1) is 10.2 Å². The van der Waals surface area contributed by atoms with E-state index in [1.54, 1.807) is 6.07 Å². The summed E-state index contributed by atoms with van der Waals surface area (Å²) in [5, 5.41) is 12.2. The number of benzene rings is 1. The number of sulfonamides is 1. The monoisotopic (exact) mass is 376 g/mol. The van der Waals surface area contributed by atoms with Crippen LogP contribution in [-0.4, -0.2) is 23.2 Å². The fourth-order valence-corrected chi connectivity index (χ4v) is 3.07. The maximum Gasteiger partial charge on any atom is 0.273 e. The molecule has 0 aliphatic rings. The number of aromatic nitrogens is 3. The normalized spacial score (nSPS) is 12.1. The van der Waals surface area contributed by atoms with Crippen LogP contribution in [0.1, 0.15) is 13.8 Å². The maximum atomic E-state index is 14.1. The average molecular weight is 377 g/mol. The van der Waals surface area contributed by atoms with Gasteiger partial charge in [-0.1, -0.05) is 19.9 Å². The van der Waals surface area contributed by atoms with Crippen LogP contribution in [0, 0.1) is 11.7 Å². The summed E-state index contributed by atoms with van der Waals surface area (Å²) < 4.78 is 39.0. The van der Waals surface area contributed by atoms with E-state index in [4.69, 9.17) is 5.14 Å². The minimum Gasteiger partial charge on any atom is -0.296 e. The van der Waals surface area contributed by atoms with Gasteiger partial charge in [0.2, 0.25) is 0 Å². The molecule has 1 aromatic heterocycles. The van der Waals surface area contributed by atoms with E-state index in [-0.39, 0.29) is 22.5 Å². The first-order valence-corrected chi connectivity index (χ1v) is 8.46. The second kappa shape index (κ2) is 5.82. The molecule has 0 saturated heterocycles. The summed E-state index contributed by atoms with van der Waals surface area (Å²) in [6, 6.07) is 4.45. The molecule has 0 aliphatic heterocycles. The largest absolute Gasteiger partial charge is 0.296 e. The van der Waals surface area contributed by atoms with Gasteiger partial charge < -0.3 is 0 Å². The van der Waals surface area contributed by atoms with E-state index in [9.17, 15) is 12.8 Å². The van der Waals surface area contributed by atoms with Crippen LogP contribution in [-0.2, 0) is 16.6 Å². The van der Waals surface area contributed by atoms with Crippen molar-refractivity contribution in [2.24, 2.45) is 11.1 Å². The molecule has 0 amide bonds. The summed E-state index contributed by atoms with van der Waals surface area (Å²) in [5.41, 5.74) is 0.153. The van der Waals surface area contributed by atoms with Crippen LogP contribution in [0.4, 0.5) is 4.39 Å². The molecule has 6 nitrogen and oxygen atoms in total. The molecule has 0 radical (unpaired) electrons. The van der Waals surface area contributed by atoms with Crippen molar-refractivity contribution in [2.75, 3.05) is 0 Å². The number of rotatable bonds is 4. The van der Waals surface area contributed by atoms with Gasteiger partial charge in [0.1, 0.15) is 5.82 Å². The van der Waals surface area contributed by atoms with Crippen molar-refractivity contribution in [1.29, 1.82) is 0 Å². The minimum atomic E-state index is -4.04. The lowest BCUT2D eigenvalue weighted by Crippen LogP contribution is -2.20. The fourth-order valence-electron chi connectivity index (χ4n) is 1.93. The topological polar surface area (TPSA) is 90.9 Å². The van der Waals surface area contributed by atoms with Crippen molar-refractivity contribution in [3.05, 3.63) is 28.5 Å². The third-order valence-corrected chi connectivity index (χ3v) is 4.18. The Balaban J connectivity index is 2.73.